The van der Waals surface area contributed by atoms with Gasteiger partial charge in [0.15, 0.2) is 6.61 Å². The molecule has 116 valence electrons. The number of hydrogen-bond acceptors (Lipinski definition) is 2. The summed E-state index contributed by atoms with van der Waals surface area (Å²) >= 11 is 3.44. The fourth-order valence-electron chi connectivity index (χ4n) is 2.08. The standard InChI is InChI=1S/C18H20BrNO2/c1-12-4-6-15(7-5-12)14(3)20-18(21)11-22-16-8-9-17(19)13(2)10-16/h4-10,14H,11H2,1-3H3,(H,20,21)/t14-/m0/s1. The topological polar surface area (TPSA) is 38.3 Å². The molecule has 1 N–H and O–H groups in total. The van der Waals surface area contributed by atoms with E-state index in [9.17, 15) is 4.79 Å². The summed E-state index contributed by atoms with van der Waals surface area (Å²) in [6, 6.07) is 13.8. The third kappa shape index (κ3) is 4.60. The summed E-state index contributed by atoms with van der Waals surface area (Å²) < 4.78 is 6.55. The van der Waals surface area contributed by atoms with Crippen molar-refractivity contribution in [2.24, 2.45) is 0 Å². The van der Waals surface area contributed by atoms with E-state index >= 15 is 0 Å². The van der Waals surface area contributed by atoms with Crippen molar-refractivity contribution in [1.82, 2.24) is 5.32 Å². The number of nitrogens with one attached hydrogen (secondary N) is 1. The summed E-state index contributed by atoms with van der Waals surface area (Å²) in [6.45, 7) is 6.00. The van der Waals surface area contributed by atoms with E-state index < -0.39 is 0 Å². The second-order valence-corrected chi connectivity index (χ2v) is 6.25. The molecule has 1 amide bonds. The van der Waals surface area contributed by atoms with Gasteiger partial charge in [-0.05, 0) is 50.1 Å². The molecule has 0 aromatic heterocycles. The van der Waals surface area contributed by atoms with Gasteiger partial charge in [-0.2, -0.15) is 0 Å². The van der Waals surface area contributed by atoms with E-state index in [4.69, 9.17) is 4.74 Å². The van der Waals surface area contributed by atoms with Crippen LogP contribution in [0.3, 0.4) is 0 Å². The lowest BCUT2D eigenvalue weighted by Crippen LogP contribution is -2.31. The molecule has 0 saturated carbocycles. The molecule has 0 aliphatic rings. The van der Waals surface area contributed by atoms with Crippen molar-refractivity contribution in [1.29, 1.82) is 0 Å². The van der Waals surface area contributed by atoms with E-state index in [0.717, 1.165) is 15.6 Å². The Kier molecular flexibility index (Phi) is 5.61. The van der Waals surface area contributed by atoms with Gasteiger partial charge in [0.2, 0.25) is 0 Å². The first-order valence-corrected chi connectivity index (χ1v) is 8.00. The van der Waals surface area contributed by atoms with E-state index in [1.54, 1.807) is 0 Å². The third-order valence-electron chi connectivity index (χ3n) is 3.45. The molecular weight excluding hydrogens is 342 g/mol. The number of carbonyl (C=O) groups is 1. The summed E-state index contributed by atoms with van der Waals surface area (Å²) in [4.78, 5) is 12.0. The second-order valence-electron chi connectivity index (χ2n) is 5.40. The van der Waals surface area contributed by atoms with Gasteiger partial charge in [0.1, 0.15) is 5.75 Å². The van der Waals surface area contributed by atoms with Crippen LogP contribution in [0.5, 0.6) is 5.75 Å². The van der Waals surface area contributed by atoms with Crippen molar-refractivity contribution >= 4 is 21.8 Å². The molecule has 4 heteroatoms. The van der Waals surface area contributed by atoms with Crippen LogP contribution < -0.4 is 10.1 Å². The smallest absolute Gasteiger partial charge is 0.258 e. The van der Waals surface area contributed by atoms with Crippen LogP contribution in [0.2, 0.25) is 0 Å². The number of halogens is 1. The second kappa shape index (κ2) is 7.45. The molecule has 0 spiro atoms. The summed E-state index contributed by atoms with van der Waals surface area (Å²) in [5, 5.41) is 2.94. The van der Waals surface area contributed by atoms with Crippen molar-refractivity contribution in [3.63, 3.8) is 0 Å². The van der Waals surface area contributed by atoms with Gasteiger partial charge in [0.05, 0.1) is 6.04 Å². The Morgan fingerprint density at radius 1 is 1.18 bits per heavy atom. The van der Waals surface area contributed by atoms with Crippen LogP contribution in [0.4, 0.5) is 0 Å². The summed E-state index contributed by atoms with van der Waals surface area (Å²) in [5.41, 5.74) is 3.36. The quantitative estimate of drug-likeness (QED) is 0.860. The Morgan fingerprint density at radius 2 is 1.86 bits per heavy atom. The average Bonchev–Trinajstić information content (AvgIpc) is 2.49. The molecule has 0 aliphatic carbocycles. The number of benzene rings is 2. The minimum Gasteiger partial charge on any atom is -0.484 e. The highest BCUT2D eigenvalue weighted by Crippen LogP contribution is 2.21. The molecule has 2 rings (SSSR count). The molecule has 1 atom stereocenters. The van der Waals surface area contributed by atoms with E-state index in [2.05, 4.69) is 21.2 Å². The molecule has 0 fully saturated rings. The minimum atomic E-state index is -0.131. The normalized spacial score (nSPS) is 11.8. The van der Waals surface area contributed by atoms with Gasteiger partial charge in [0.25, 0.3) is 5.91 Å². The Hall–Kier alpha value is -1.81. The van der Waals surface area contributed by atoms with Gasteiger partial charge in [0, 0.05) is 4.47 Å². The summed E-state index contributed by atoms with van der Waals surface area (Å²) in [7, 11) is 0. The number of hydrogen-bond donors (Lipinski definition) is 1. The fraction of sp³-hybridized carbons (Fsp3) is 0.278. The van der Waals surface area contributed by atoms with Crippen LogP contribution in [0.25, 0.3) is 0 Å². The maximum absolute atomic E-state index is 12.0. The monoisotopic (exact) mass is 361 g/mol. The van der Waals surface area contributed by atoms with Crippen LogP contribution in [0, 0.1) is 13.8 Å². The third-order valence-corrected chi connectivity index (χ3v) is 4.34. The van der Waals surface area contributed by atoms with E-state index in [-0.39, 0.29) is 18.6 Å². The number of aryl methyl sites for hydroxylation is 2. The van der Waals surface area contributed by atoms with Crippen LogP contribution in [-0.4, -0.2) is 12.5 Å². The van der Waals surface area contributed by atoms with Crippen LogP contribution in [0.1, 0.15) is 29.7 Å². The molecule has 2 aromatic rings. The lowest BCUT2D eigenvalue weighted by Gasteiger charge is -2.15. The molecule has 22 heavy (non-hydrogen) atoms. The van der Waals surface area contributed by atoms with Crippen molar-refractivity contribution in [3.05, 3.63) is 63.6 Å². The van der Waals surface area contributed by atoms with Crippen molar-refractivity contribution in [2.75, 3.05) is 6.61 Å². The Morgan fingerprint density at radius 3 is 2.50 bits per heavy atom. The number of carbonyl (C=O) groups excluding carboxylic acids is 1. The van der Waals surface area contributed by atoms with Gasteiger partial charge in [-0.25, -0.2) is 0 Å². The zero-order valence-electron chi connectivity index (χ0n) is 13.0. The lowest BCUT2D eigenvalue weighted by atomic mass is 10.1. The highest BCUT2D eigenvalue weighted by molar-refractivity contribution is 9.10. The fourth-order valence-corrected chi connectivity index (χ4v) is 2.32. The highest BCUT2D eigenvalue weighted by Gasteiger charge is 2.10. The number of amides is 1. The first-order valence-electron chi connectivity index (χ1n) is 7.20. The molecular formula is C18H20BrNO2. The first kappa shape index (κ1) is 16.6. The largest absolute Gasteiger partial charge is 0.484 e. The van der Waals surface area contributed by atoms with Gasteiger partial charge in [-0.3, -0.25) is 4.79 Å². The molecule has 0 heterocycles. The maximum Gasteiger partial charge on any atom is 0.258 e. The molecule has 0 bridgehead atoms. The Balaban J connectivity index is 1.87. The van der Waals surface area contributed by atoms with Gasteiger partial charge < -0.3 is 10.1 Å². The van der Waals surface area contributed by atoms with Gasteiger partial charge in [-0.1, -0.05) is 45.8 Å². The average molecular weight is 362 g/mol. The van der Waals surface area contributed by atoms with Crippen LogP contribution >= 0.6 is 15.9 Å². The van der Waals surface area contributed by atoms with Crippen LogP contribution in [-0.2, 0) is 4.79 Å². The molecule has 2 aromatic carbocycles. The SMILES string of the molecule is Cc1ccc([C@H](C)NC(=O)COc2ccc(Br)c(C)c2)cc1. The highest BCUT2D eigenvalue weighted by atomic mass is 79.9. The minimum absolute atomic E-state index is 0.0112. The van der Waals surface area contributed by atoms with Crippen molar-refractivity contribution in [2.45, 2.75) is 26.8 Å². The predicted octanol–water partition coefficient (Wildman–Crippen LogP) is 4.32. The zero-order chi connectivity index (χ0) is 16.1. The maximum atomic E-state index is 12.0. The van der Waals surface area contributed by atoms with E-state index in [1.165, 1.54) is 5.56 Å². The summed E-state index contributed by atoms with van der Waals surface area (Å²) in [6.07, 6.45) is 0. The van der Waals surface area contributed by atoms with E-state index in [1.807, 2.05) is 63.2 Å². The molecule has 0 unspecified atom stereocenters. The molecule has 0 aliphatic heterocycles. The molecule has 0 saturated heterocycles. The Labute approximate surface area is 139 Å². The first-order chi connectivity index (χ1) is 10.5. The lowest BCUT2D eigenvalue weighted by molar-refractivity contribution is -0.123. The predicted molar refractivity (Wildman–Crippen MR) is 92.1 cm³/mol. The van der Waals surface area contributed by atoms with E-state index in [0.29, 0.717) is 5.75 Å². The molecule has 3 nitrogen and oxygen atoms in total. The number of ether oxygens (including phenoxy) is 1. The Bertz CT molecular complexity index is 653. The number of rotatable bonds is 5. The summed E-state index contributed by atoms with van der Waals surface area (Å²) in [5.74, 6) is 0.562. The van der Waals surface area contributed by atoms with Crippen LogP contribution in [0.15, 0.2) is 46.9 Å². The van der Waals surface area contributed by atoms with Gasteiger partial charge >= 0.3 is 0 Å². The molecule has 0 radical (unpaired) electrons. The van der Waals surface area contributed by atoms with Gasteiger partial charge in [-0.15, -0.1) is 0 Å². The van der Waals surface area contributed by atoms with Crippen molar-refractivity contribution in [3.8, 4) is 5.75 Å². The van der Waals surface area contributed by atoms with Crippen molar-refractivity contribution < 1.29 is 9.53 Å². The zero-order valence-corrected chi connectivity index (χ0v) is 14.6.